The lowest BCUT2D eigenvalue weighted by molar-refractivity contribution is -0.145. The van der Waals surface area contributed by atoms with Crippen LogP contribution in [-0.2, 0) is 10.3 Å². The number of amides is 2. The molecular formula is C20H22N2O4. The molecule has 0 fully saturated rings. The minimum Gasteiger partial charge on any atom is -0.479 e. The number of nitrogens with one attached hydrogen (secondary N) is 1. The first-order valence-corrected chi connectivity index (χ1v) is 8.25. The van der Waals surface area contributed by atoms with Crippen LogP contribution >= 0.6 is 0 Å². The van der Waals surface area contributed by atoms with E-state index in [1.807, 2.05) is 0 Å². The minimum atomic E-state index is -1.54. The Labute approximate surface area is 152 Å². The van der Waals surface area contributed by atoms with Crippen molar-refractivity contribution < 1.29 is 19.5 Å². The lowest BCUT2D eigenvalue weighted by atomic mass is 9.86. The molecule has 6 nitrogen and oxygen atoms in total. The van der Waals surface area contributed by atoms with Gasteiger partial charge in [-0.05, 0) is 30.2 Å². The second-order valence-corrected chi connectivity index (χ2v) is 6.16. The standard InChI is InChI=1S/C20H22N2O4/c1-4-20(19(25)26,16-11-6-5-7-12-16)21-17(23)14-9-8-10-15(13-14)18(24)22(2)3/h5-13H,4H2,1-3H3,(H,21,23)(H,25,26). The number of carbonyl (C=O) groups excluding carboxylic acids is 2. The zero-order chi connectivity index (χ0) is 19.3. The number of carboxylic acids is 1. The summed E-state index contributed by atoms with van der Waals surface area (Å²) in [7, 11) is 3.24. The summed E-state index contributed by atoms with van der Waals surface area (Å²) in [5.41, 5.74) is -0.462. The average Bonchev–Trinajstić information content (AvgIpc) is 2.65. The molecule has 0 spiro atoms. The summed E-state index contributed by atoms with van der Waals surface area (Å²) >= 11 is 0. The lowest BCUT2D eigenvalue weighted by Gasteiger charge is -2.30. The highest BCUT2D eigenvalue weighted by atomic mass is 16.4. The number of hydrogen-bond donors (Lipinski definition) is 2. The van der Waals surface area contributed by atoms with Crippen molar-refractivity contribution >= 4 is 17.8 Å². The van der Waals surface area contributed by atoms with Crippen molar-refractivity contribution in [1.29, 1.82) is 0 Å². The van der Waals surface area contributed by atoms with Crippen molar-refractivity contribution in [2.24, 2.45) is 0 Å². The molecule has 0 saturated carbocycles. The molecule has 2 amide bonds. The molecule has 1 atom stereocenters. The van der Waals surface area contributed by atoms with Crippen LogP contribution in [0.1, 0.15) is 39.6 Å². The van der Waals surface area contributed by atoms with Gasteiger partial charge in [-0.1, -0.05) is 43.3 Å². The summed E-state index contributed by atoms with van der Waals surface area (Å²) in [5, 5.41) is 12.5. The van der Waals surface area contributed by atoms with Crippen molar-refractivity contribution in [3.8, 4) is 0 Å². The topological polar surface area (TPSA) is 86.7 Å². The molecule has 0 radical (unpaired) electrons. The number of rotatable bonds is 6. The zero-order valence-electron chi connectivity index (χ0n) is 15.0. The normalized spacial score (nSPS) is 12.7. The average molecular weight is 354 g/mol. The van der Waals surface area contributed by atoms with Crippen LogP contribution in [0.25, 0.3) is 0 Å². The van der Waals surface area contributed by atoms with Gasteiger partial charge in [0, 0.05) is 25.2 Å². The first kappa shape index (κ1) is 19.2. The van der Waals surface area contributed by atoms with Crippen LogP contribution in [0.4, 0.5) is 0 Å². The smallest absolute Gasteiger partial charge is 0.334 e. The molecule has 0 saturated heterocycles. The van der Waals surface area contributed by atoms with Gasteiger partial charge >= 0.3 is 5.97 Å². The van der Waals surface area contributed by atoms with Crippen molar-refractivity contribution in [1.82, 2.24) is 10.2 Å². The van der Waals surface area contributed by atoms with Crippen LogP contribution in [0, 0.1) is 0 Å². The Kier molecular flexibility index (Phi) is 5.77. The quantitative estimate of drug-likeness (QED) is 0.834. The number of aliphatic carboxylic acids is 1. The lowest BCUT2D eigenvalue weighted by Crippen LogP contribution is -2.51. The van der Waals surface area contributed by atoms with E-state index in [-0.39, 0.29) is 17.9 Å². The van der Waals surface area contributed by atoms with Gasteiger partial charge in [0.2, 0.25) is 0 Å². The molecule has 26 heavy (non-hydrogen) atoms. The van der Waals surface area contributed by atoms with Crippen molar-refractivity contribution in [3.05, 3.63) is 71.3 Å². The molecule has 0 aliphatic heterocycles. The summed E-state index contributed by atoms with van der Waals surface area (Å²) < 4.78 is 0. The van der Waals surface area contributed by atoms with Crippen LogP contribution in [0.3, 0.4) is 0 Å². The highest BCUT2D eigenvalue weighted by Crippen LogP contribution is 2.26. The van der Waals surface area contributed by atoms with E-state index in [9.17, 15) is 19.5 Å². The molecule has 2 aromatic carbocycles. The fourth-order valence-electron chi connectivity index (χ4n) is 2.73. The molecule has 6 heteroatoms. The Hall–Kier alpha value is -3.15. The van der Waals surface area contributed by atoms with Gasteiger partial charge in [0.25, 0.3) is 11.8 Å². The van der Waals surface area contributed by atoms with Gasteiger partial charge in [-0.15, -0.1) is 0 Å². The predicted octanol–water partition coefficient (Wildman–Crippen LogP) is 2.51. The third kappa shape index (κ3) is 3.74. The van der Waals surface area contributed by atoms with E-state index < -0.39 is 17.4 Å². The maximum Gasteiger partial charge on any atom is 0.334 e. The number of carbonyl (C=O) groups is 3. The minimum absolute atomic E-state index is 0.175. The molecule has 2 aromatic rings. The Balaban J connectivity index is 2.38. The summed E-state index contributed by atoms with van der Waals surface area (Å²) in [6.07, 6.45) is 0.175. The molecule has 0 aliphatic carbocycles. The van der Waals surface area contributed by atoms with Gasteiger partial charge in [-0.3, -0.25) is 9.59 Å². The van der Waals surface area contributed by atoms with E-state index in [1.54, 1.807) is 69.6 Å². The monoisotopic (exact) mass is 354 g/mol. The first-order valence-electron chi connectivity index (χ1n) is 8.25. The number of benzene rings is 2. The molecule has 1 unspecified atom stereocenters. The van der Waals surface area contributed by atoms with E-state index in [4.69, 9.17) is 0 Å². The summed E-state index contributed by atoms with van der Waals surface area (Å²) in [6, 6.07) is 14.8. The van der Waals surface area contributed by atoms with Crippen LogP contribution in [0.5, 0.6) is 0 Å². The molecule has 2 rings (SSSR count). The highest BCUT2D eigenvalue weighted by molar-refractivity contribution is 6.01. The fourth-order valence-corrected chi connectivity index (χ4v) is 2.73. The van der Waals surface area contributed by atoms with Crippen LogP contribution in [0.2, 0.25) is 0 Å². The summed E-state index contributed by atoms with van der Waals surface area (Å²) in [5.74, 6) is -1.92. The number of nitrogens with zero attached hydrogens (tertiary/aromatic N) is 1. The highest BCUT2D eigenvalue weighted by Gasteiger charge is 2.40. The summed E-state index contributed by atoms with van der Waals surface area (Å²) in [6.45, 7) is 1.70. The Bertz CT molecular complexity index is 818. The molecule has 0 aliphatic rings. The SMILES string of the molecule is CCC(NC(=O)c1cccc(C(=O)N(C)C)c1)(C(=O)O)c1ccccc1. The maximum atomic E-state index is 12.7. The molecular weight excluding hydrogens is 332 g/mol. The van der Waals surface area contributed by atoms with E-state index in [0.717, 1.165) is 0 Å². The van der Waals surface area contributed by atoms with Gasteiger partial charge in [0.05, 0.1) is 0 Å². The van der Waals surface area contributed by atoms with Crippen LogP contribution < -0.4 is 5.32 Å². The van der Waals surface area contributed by atoms with Crippen LogP contribution in [0.15, 0.2) is 54.6 Å². The first-order chi connectivity index (χ1) is 12.3. The van der Waals surface area contributed by atoms with E-state index >= 15 is 0 Å². The van der Waals surface area contributed by atoms with Crippen molar-refractivity contribution in [3.63, 3.8) is 0 Å². The molecule has 0 aromatic heterocycles. The Morgan fingerprint density at radius 3 is 2.15 bits per heavy atom. The largest absolute Gasteiger partial charge is 0.479 e. The van der Waals surface area contributed by atoms with Crippen molar-refractivity contribution in [2.45, 2.75) is 18.9 Å². The van der Waals surface area contributed by atoms with Gasteiger partial charge in [0.1, 0.15) is 0 Å². The molecule has 2 N–H and O–H groups in total. The second kappa shape index (κ2) is 7.82. The fraction of sp³-hybridized carbons (Fsp3) is 0.250. The molecule has 136 valence electrons. The zero-order valence-corrected chi connectivity index (χ0v) is 15.0. The number of hydrogen-bond acceptors (Lipinski definition) is 3. The molecule has 0 heterocycles. The third-order valence-corrected chi connectivity index (χ3v) is 4.27. The van der Waals surface area contributed by atoms with Gasteiger partial charge < -0.3 is 15.3 Å². The predicted molar refractivity (Wildman–Crippen MR) is 98.0 cm³/mol. The Morgan fingerprint density at radius 2 is 1.62 bits per heavy atom. The Morgan fingerprint density at radius 1 is 1.00 bits per heavy atom. The van der Waals surface area contributed by atoms with Gasteiger partial charge in [-0.2, -0.15) is 0 Å². The number of carboxylic acid groups (broad SMARTS) is 1. The summed E-state index contributed by atoms with van der Waals surface area (Å²) in [4.78, 5) is 38.3. The van der Waals surface area contributed by atoms with Crippen LogP contribution in [-0.4, -0.2) is 41.9 Å². The van der Waals surface area contributed by atoms with Crippen molar-refractivity contribution in [2.75, 3.05) is 14.1 Å². The van der Waals surface area contributed by atoms with E-state index in [0.29, 0.717) is 11.1 Å². The van der Waals surface area contributed by atoms with Gasteiger partial charge in [0.15, 0.2) is 5.54 Å². The van der Waals surface area contributed by atoms with Gasteiger partial charge in [-0.25, -0.2) is 4.79 Å². The van der Waals surface area contributed by atoms with E-state index in [2.05, 4.69) is 5.32 Å². The second-order valence-electron chi connectivity index (χ2n) is 6.16. The maximum absolute atomic E-state index is 12.7. The molecule has 0 bridgehead atoms. The third-order valence-electron chi connectivity index (χ3n) is 4.27. The van der Waals surface area contributed by atoms with E-state index in [1.165, 1.54) is 11.0 Å².